The molecule has 0 aliphatic rings. The number of benzene rings is 2. The van der Waals surface area contributed by atoms with Crippen molar-refractivity contribution in [1.29, 1.82) is 0 Å². The van der Waals surface area contributed by atoms with Crippen molar-refractivity contribution in [3.05, 3.63) is 65.7 Å². The van der Waals surface area contributed by atoms with Gasteiger partial charge in [-0.05, 0) is 49.7 Å². The average Bonchev–Trinajstić information content (AvgIpc) is 2.60. The van der Waals surface area contributed by atoms with Gasteiger partial charge in [-0.3, -0.25) is 4.79 Å². The molecule has 0 radical (unpaired) electrons. The van der Waals surface area contributed by atoms with Gasteiger partial charge >= 0.3 is 5.97 Å². The molecule has 126 valence electrons. The molecule has 0 unspecified atom stereocenters. The van der Waals surface area contributed by atoms with E-state index in [0.717, 1.165) is 13.0 Å². The first-order valence-corrected chi connectivity index (χ1v) is 8.00. The third kappa shape index (κ3) is 5.85. The molecule has 0 aliphatic carbocycles. The van der Waals surface area contributed by atoms with E-state index in [1.807, 2.05) is 18.2 Å². The lowest BCUT2D eigenvalue weighted by atomic mass is 10.1. The van der Waals surface area contributed by atoms with Gasteiger partial charge in [0.1, 0.15) is 0 Å². The minimum Gasteiger partial charge on any atom is -0.462 e. The van der Waals surface area contributed by atoms with Gasteiger partial charge in [0.15, 0.2) is 0 Å². The first kappa shape index (κ1) is 17.7. The van der Waals surface area contributed by atoms with Crippen molar-refractivity contribution in [2.24, 2.45) is 0 Å². The van der Waals surface area contributed by atoms with Crippen LogP contribution in [0, 0.1) is 0 Å². The Labute approximate surface area is 142 Å². The molecular formula is C19H22N2O3. The van der Waals surface area contributed by atoms with Crippen LogP contribution in [-0.2, 0) is 16.0 Å². The van der Waals surface area contributed by atoms with E-state index in [-0.39, 0.29) is 18.4 Å². The lowest BCUT2D eigenvalue weighted by Crippen LogP contribution is -2.29. The average molecular weight is 326 g/mol. The van der Waals surface area contributed by atoms with E-state index in [0.29, 0.717) is 17.9 Å². The van der Waals surface area contributed by atoms with Crippen molar-refractivity contribution in [2.45, 2.75) is 13.3 Å². The zero-order valence-corrected chi connectivity index (χ0v) is 13.7. The summed E-state index contributed by atoms with van der Waals surface area (Å²) in [6.45, 7) is 3.08. The number of hydrogen-bond donors (Lipinski definition) is 2. The van der Waals surface area contributed by atoms with Crippen LogP contribution >= 0.6 is 0 Å². The highest BCUT2D eigenvalue weighted by molar-refractivity contribution is 5.93. The second-order valence-electron chi connectivity index (χ2n) is 5.26. The summed E-state index contributed by atoms with van der Waals surface area (Å²) in [6.07, 6.45) is 0.877. The Morgan fingerprint density at radius 3 is 2.38 bits per heavy atom. The molecule has 0 fully saturated rings. The van der Waals surface area contributed by atoms with Crippen molar-refractivity contribution in [3.63, 3.8) is 0 Å². The molecule has 0 spiro atoms. The Bertz CT molecular complexity index is 654. The number of ether oxygens (including phenoxy) is 1. The van der Waals surface area contributed by atoms with Crippen LogP contribution in [-0.4, -0.2) is 31.6 Å². The van der Waals surface area contributed by atoms with Gasteiger partial charge in [-0.25, -0.2) is 4.79 Å². The summed E-state index contributed by atoms with van der Waals surface area (Å²) in [6, 6.07) is 16.8. The maximum Gasteiger partial charge on any atom is 0.338 e. The van der Waals surface area contributed by atoms with Crippen LogP contribution in [0.1, 0.15) is 22.8 Å². The number of amides is 1. The van der Waals surface area contributed by atoms with E-state index >= 15 is 0 Å². The van der Waals surface area contributed by atoms with Crippen molar-refractivity contribution >= 4 is 17.6 Å². The van der Waals surface area contributed by atoms with Gasteiger partial charge in [-0.15, -0.1) is 0 Å². The lowest BCUT2D eigenvalue weighted by Gasteiger charge is -2.08. The molecule has 2 aromatic rings. The Hall–Kier alpha value is -2.66. The van der Waals surface area contributed by atoms with E-state index in [1.165, 1.54) is 5.56 Å². The molecule has 5 heteroatoms. The van der Waals surface area contributed by atoms with E-state index in [1.54, 1.807) is 31.2 Å². The fraction of sp³-hybridized carbons (Fsp3) is 0.263. The Morgan fingerprint density at radius 1 is 1.00 bits per heavy atom. The summed E-state index contributed by atoms with van der Waals surface area (Å²) in [4.78, 5) is 23.4. The molecule has 0 bridgehead atoms. The van der Waals surface area contributed by atoms with Crippen molar-refractivity contribution in [1.82, 2.24) is 5.32 Å². The zero-order chi connectivity index (χ0) is 17.2. The lowest BCUT2D eigenvalue weighted by molar-refractivity contribution is -0.115. The predicted molar refractivity (Wildman–Crippen MR) is 94.0 cm³/mol. The minimum atomic E-state index is -0.363. The van der Waals surface area contributed by atoms with Gasteiger partial charge in [0.05, 0.1) is 18.7 Å². The SMILES string of the molecule is CCOC(=O)c1ccc(NC(=O)CNCCc2ccccc2)cc1. The van der Waals surface area contributed by atoms with Crippen LogP contribution in [0.4, 0.5) is 5.69 Å². The van der Waals surface area contributed by atoms with E-state index in [2.05, 4.69) is 22.8 Å². The third-order valence-electron chi connectivity index (χ3n) is 3.40. The minimum absolute atomic E-state index is 0.119. The van der Waals surface area contributed by atoms with Gasteiger partial charge in [-0.2, -0.15) is 0 Å². The summed E-state index contributed by atoms with van der Waals surface area (Å²) in [5.74, 6) is -0.482. The van der Waals surface area contributed by atoms with E-state index in [4.69, 9.17) is 4.74 Å². The second kappa shape index (κ2) is 9.47. The van der Waals surface area contributed by atoms with Gasteiger partial charge < -0.3 is 15.4 Å². The van der Waals surface area contributed by atoms with Crippen LogP contribution in [0.5, 0.6) is 0 Å². The molecule has 2 N–H and O–H groups in total. The molecule has 5 nitrogen and oxygen atoms in total. The molecule has 2 rings (SSSR count). The maximum atomic E-state index is 11.9. The summed E-state index contributed by atoms with van der Waals surface area (Å²) in [5.41, 5.74) is 2.36. The standard InChI is InChI=1S/C19H22N2O3/c1-2-24-19(23)16-8-10-17(11-9-16)21-18(22)14-20-13-12-15-6-4-3-5-7-15/h3-11,20H,2,12-14H2,1H3,(H,21,22). The Kier molecular flexibility index (Phi) is 6.98. The van der Waals surface area contributed by atoms with Crippen LogP contribution < -0.4 is 10.6 Å². The normalized spacial score (nSPS) is 10.2. The van der Waals surface area contributed by atoms with Gasteiger partial charge in [0.2, 0.25) is 5.91 Å². The van der Waals surface area contributed by atoms with Gasteiger partial charge in [0.25, 0.3) is 0 Å². The monoisotopic (exact) mass is 326 g/mol. The highest BCUT2D eigenvalue weighted by atomic mass is 16.5. The van der Waals surface area contributed by atoms with Crippen molar-refractivity contribution < 1.29 is 14.3 Å². The maximum absolute atomic E-state index is 11.9. The topological polar surface area (TPSA) is 67.4 Å². The first-order valence-electron chi connectivity index (χ1n) is 8.00. The first-order chi connectivity index (χ1) is 11.7. The molecular weight excluding hydrogens is 304 g/mol. The quantitative estimate of drug-likeness (QED) is 0.578. The summed E-state index contributed by atoms with van der Waals surface area (Å²) in [5, 5.41) is 5.90. The van der Waals surface area contributed by atoms with Crippen LogP contribution in [0.3, 0.4) is 0 Å². The number of esters is 1. The summed E-state index contributed by atoms with van der Waals surface area (Å²) >= 11 is 0. The Balaban J connectivity index is 1.71. The molecule has 0 aromatic heterocycles. The van der Waals surface area contributed by atoms with Crippen LogP contribution in [0.25, 0.3) is 0 Å². The fourth-order valence-corrected chi connectivity index (χ4v) is 2.19. The van der Waals surface area contributed by atoms with E-state index < -0.39 is 0 Å². The number of rotatable bonds is 8. The molecule has 24 heavy (non-hydrogen) atoms. The number of nitrogens with one attached hydrogen (secondary N) is 2. The number of anilines is 1. The second-order valence-corrected chi connectivity index (χ2v) is 5.26. The van der Waals surface area contributed by atoms with Gasteiger partial charge in [0, 0.05) is 5.69 Å². The summed E-state index contributed by atoms with van der Waals surface area (Å²) < 4.78 is 4.91. The van der Waals surface area contributed by atoms with Crippen LogP contribution in [0.15, 0.2) is 54.6 Å². The fourth-order valence-electron chi connectivity index (χ4n) is 2.19. The van der Waals surface area contributed by atoms with Crippen LogP contribution in [0.2, 0.25) is 0 Å². The third-order valence-corrected chi connectivity index (χ3v) is 3.40. The molecule has 0 saturated carbocycles. The molecule has 0 heterocycles. The van der Waals surface area contributed by atoms with Gasteiger partial charge in [-0.1, -0.05) is 30.3 Å². The largest absolute Gasteiger partial charge is 0.462 e. The highest BCUT2D eigenvalue weighted by Gasteiger charge is 2.07. The predicted octanol–water partition coefficient (Wildman–Crippen LogP) is 2.63. The number of hydrogen-bond acceptors (Lipinski definition) is 4. The molecule has 0 aliphatic heterocycles. The molecule has 0 atom stereocenters. The molecule has 0 saturated heterocycles. The Morgan fingerprint density at radius 2 is 1.71 bits per heavy atom. The summed E-state index contributed by atoms with van der Waals surface area (Å²) in [7, 11) is 0. The van der Waals surface area contributed by atoms with Crippen molar-refractivity contribution in [3.8, 4) is 0 Å². The number of carbonyl (C=O) groups is 2. The van der Waals surface area contributed by atoms with Crippen molar-refractivity contribution in [2.75, 3.05) is 25.0 Å². The van der Waals surface area contributed by atoms with E-state index in [9.17, 15) is 9.59 Å². The highest BCUT2D eigenvalue weighted by Crippen LogP contribution is 2.10. The zero-order valence-electron chi connectivity index (χ0n) is 13.7. The number of carbonyl (C=O) groups excluding carboxylic acids is 2. The molecule has 1 amide bonds. The molecule has 2 aromatic carbocycles. The smallest absolute Gasteiger partial charge is 0.338 e.